The lowest BCUT2D eigenvalue weighted by molar-refractivity contribution is -0.153. The van der Waals surface area contributed by atoms with E-state index >= 15 is 0 Å². The highest BCUT2D eigenvalue weighted by Crippen LogP contribution is 2.37. The maximum absolute atomic E-state index is 11.8. The van der Waals surface area contributed by atoms with E-state index in [4.69, 9.17) is 21.1 Å². The molecule has 1 saturated heterocycles. The Morgan fingerprint density at radius 1 is 1.67 bits per heavy atom. The zero-order chi connectivity index (χ0) is 15.6. The van der Waals surface area contributed by atoms with Crippen LogP contribution < -0.4 is 11.2 Å². The van der Waals surface area contributed by atoms with Gasteiger partial charge < -0.3 is 9.47 Å². The van der Waals surface area contributed by atoms with Crippen LogP contribution in [0.25, 0.3) is 0 Å². The van der Waals surface area contributed by atoms with E-state index in [1.165, 1.54) is 17.7 Å². The molecule has 1 aliphatic rings. The van der Waals surface area contributed by atoms with E-state index in [0.717, 1.165) is 0 Å². The predicted octanol–water partition coefficient (Wildman–Crippen LogP) is 1.15. The molecule has 0 unspecified atom stereocenters. The fraction of sp³-hybridized carbons (Fsp3) is 0.583. The number of alkyl halides is 1. The molecule has 1 aliphatic heterocycles. The Hall–Kier alpha value is -1.12. The van der Waals surface area contributed by atoms with Crippen molar-refractivity contribution < 1.29 is 14.3 Å². The van der Waals surface area contributed by atoms with Crippen molar-refractivity contribution in [3.63, 3.8) is 0 Å². The molecule has 0 bridgehead atoms. The smallest absolute Gasteiger partial charge is 0.330 e. The van der Waals surface area contributed by atoms with Crippen LogP contribution in [0.3, 0.4) is 0 Å². The summed E-state index contributed by atoms with van der Waals surface area (Å²) in [6.45, 7) is 1.33. The molecule has 0 saturated carbocycles. The van der Waals surface area contributed by atoms with Crippen LogP contribution in [0.1, 0.15) is 26.0 Å². The highest BCUT2D eigenvalue weighted by Gasteiger charge is 2.42. The molecule has 0 amide bonds. The summed E-state index contributed by atoms with van der Waals surface area (Å²) in [5, 5.41) is 0. The maximum Gasteiger partial charge on any atom is 0.330 e. The number of carbonyl (C=O) groups excluding carboxylic acids is 1. The van der Waals surface area contributed by atoms with Gasteiger partial charge >= 0.3 is 11.7 Å². The molecule has 9 heteroatoms. The Bertz CT molecular complexity index is 658. The first-order chi connectivity index (χ1) is 9.87. The number of aromatic nitrogens is 2. The molecule has 21 heavy (non-hydrogen) atoms. The zero-order valence-corrected chi connectivity index (χ0v) is 13.6. The summed E-state index contributed by atoms with van der Waals surface area (Å²) in [4.78, 5) is 36.3. The minimum atomic E-state index is -0.819. The topological polar surface area (TPSA) is 90.4 Å². The number of nitrogens with zero attached hydrogens (tertiary/aromatic N) is 1. The quantitative estimate of drug-likeness (QED) is 0.624. The SMILES string of the molecule is CC(=O)OC[C@]1(CCl)CC[C@H](n2cc(Br)c(=O)[nH]c2=O)O1. The van der Waals surface area contributed by atoms with E-state index in [2.05, 4.69) is 20.9 Å². The third-order valence-corrected chi connectivity index (χ3v) is 4.30. The van der Waals surface area contributed by atoms with Crippen molar-refractivity contribution in [2.24, 2.45) is 0 Å². The molecule has 0 aromatic carbocycles. The van der Waals surface area contributed by atoms with Crippen molar-refractivity contribution in [1.82, 2.24) is 9.55 Å². The molecule has 2 heterocycles. The standard InChI is InChI=1S/C12H14BrClN2O5/c1-7(17)20-6-12(5-14)3-2-9(21-12)16-4-8(13)10(18)15-11(16)19/h4,9H,2-3,5-6H2,1H3,(H,15,18,19)/t9-,12-/m1/s1. The van der Waals surface area contributed by atoms with Crippen LogP contribution >= 0.6 is 27.5 Å². The number of esters is 1. The van der Waals surface area contributed by atoms with Crippen molar-refractivity contribution >= 4 is 33.5 Å². The van der Waals surface area contributed by atoms with Gasteiger partial charge in [0.2, 0.25) is 0 Å². The normalized spacial score (nSPS) is 25.0. The Balaban J connectivity index is 2.21. The number of rotatable bonds is 4. The van der Waals surface area contributed by atoms with Gasteiger partial charge in [0.05, 0.1) is 10.4 Å². The van der Waals surface area contributed by atoms with Crippen LogP contribution in [0.2, 0.25) is 0 Å². The molecular weight excluding hydrogens is 367 g/mol. The summed E-state index contributed by atoms with van der Waals surface area (Å²) < 4.78 is 12.3. The van der Waals surface area contributed by atoms with Crippen LogP contribution in [0.15, 0.2) is 20.3 Å². The molecule has 2 atom stereocenters. The fourth-order valence-electron chi connectivity index (χ4n) is 2.14. The first kappa shape index (κ1) is 16.3. The second kappa shape index (κ2) is 6.33. The van der Waals surface area contributed by atoms with Gasteiger partial charge in [-0.2, -0.15) is 0 Å². The number of halogens is 2. The number of aromatic amines is 1. The average molecular weight is 382 g/mol. The summed E-state index contributed by atoms with van der Waals surface area (Å²) in [5.74, 6) is -0.286. The largest absolute Gasteiger partial charge is 0.463 e. The number of carbonyl (C=O) groups is 1. The second-order valence-electron chi connectivity index (χ2n) is 4.85. The molecule has 0 aliphatic carbocycles. The highest BCUT2D eigenvalue weighted by atomic mass is 79.9. The molecule has 2 rings (SSSR count). The van der Waals surface area contributed by atoms with E-state index in [1.54, 1.807) is 0 Å². The van der Waals surface area contributed by atoms with Gasteiger partial charge in [-0.05, 0) is 28.8 Å². The average Bonchev–Trinajstić information content (AvgIpc) is 2.85. The van der Waals surface area contributed by atoms with E-state index in [1.807, 2.05) is 0 Å². The summed E-state index contributed by atoms with van der Waals surface area (Å²) in [6.07, 6.45) is 1.87. The summed E-state index contributed by atoms with van der Waals surface area (Å²) in [7, 11) is 0. The number of hydrogen-bond acceptors (Lipinski definition) is 5. The van der Waals surface area contributed by atoms with E-state index in [9.17, 15) is 14.4 Å². The molecule has 1 aromatic heterocycles. The lowest BCUT2D eigenvalue weighted by Crippen LogP contribution is -2.39. The Labute approximate surface area is 133 Å². The third kappa shape index (κ3) is 3.56. The van der Waals surface area contributed by atoms with Crippen molar-refractivity contribution in [3.8, 4) is 0 Å². The molecule has 0 spiro atoms. The van der Waals surface area contributed by atoms with E-state index < -0.39 is 29.0 Å². The maximum atomic E-state index is 11.8. The number of nitrogens with one attached hydrogen (secondary N) is 1. The molecule has 1 aromatic rings. The summed E-state index contributed by atoms with van der Waals surface area (Å²) in [6, 6.07) is 0. The Morgan fingerprint density at radius 3 is 3.00 bits per heavy atom. The van der Waals surface area contributed by atoms with Crippen LogP contribution in [-0.4, -0.2) is 33.6 Å². The Kier molecular flexibility index (Phi) is 4.90. The molecule has 7 nitrogen and oxygen atoms in total. The van der Waals surface area contributed by atoms with Crippen molar-refractivity contribution in [2.45, 2.75) is 31.6 Å². The summed E-state index contributed by atoms with van der Waals surface area (Å²) in [5.41, 5.74) is -1.89. The van der Waals surface area contributed by atoms with Gasteiger partial charge in [0.25, 0.3) is 5.56 Å². The molecule has 0 radical (unpaired) electrons. The van der Waals surface area contributed by atoms with Gasteiger partial charge in [-0.3, -0.25) is 19.1 Å². The minimum Gasteiger partial charge on any atom is -0.463 e. The monoisotopic (exact) mass is 380 g/mol. The number of hydrogen-bond donors (Lipinski definition) is 1. The first-order valence-electron chi connectivity index (χ1n) is 6.25. The van der Waals surface area contributed by atoms with Gasteiger partial charge in [0.1, 0.15) is 18.4 Å². The molecule has 1 fully saturated rings. The third-order valence-electron chi connectivity index (χ3n) is 3.25. The minimum absolute atomic E-state index is 0.0294. The van der Waals surface area contributed by atoms with Crippen molar-refractivity contribution in [2.75, 3.05) is 12.5 Å². The van der Waals surface area contributed by atoms with Crippen LogP contribution in [-0.2, 0) is 14.3 Å². The van der Waals surface area contributed by atoms with E-state index in [-0.39, 0.29) is 17.0 Å². The van der Waals surface area contributed by atoms with Gasteiger partial charge in [-0.15, -0.1) is 11.6 Å². The van der Waals surface area contributed by atoms with Crippen LogP contribution in [0.5, 0.6) is 0 Å². The predicted molar refractivity (Wildman–Crippen MR) is 78.5 cm³/mol. The second-order valence-corrected chi connectivity index (χ2v) is 5.97. The van der Waals surface area contributed by atoms with Crippen LogP contribution in [0, 0.1) is 0 Å². The molecular formula is C12H14BrClN2O5. The van der Waals surface area contributed by atoms with Crippen molar-refractivity contribution in [1.29, 1.82) is 0 Å². The zero-order valence-electron chi connectivity index (χ0n) is 11.2. The molecule has 1 N–H and O–H groups in total. The van der Waals surface area contributed by atoms with E-state index in [0.29, 0.717) is 12.8 Å². The Morgan fingerprint density at radius 2 is 2.38 bits per heavy atom. The van der Waals surface area contributed by atoms with Crippen LogP contribution in [0.4, 0.5) is 0 Å². The lowest BCUT2D eigenvalue weighted by Gasteiger charge is -2.26. The van der Waals surface area contributed by atoms with Gasteiger partial charge in [-0.25, -0.2) is 4.79 Å². The first-order valence-corrected chi connectivity index (χ1v) is 7.58. The molecule has 116 valence electrons. The highest BCUT2D eigenvalue weighted by molar-refractivity contribution is 9.10. The fourth-order valence-corrected chi connectivity index (χ4v) is 2.73. The van der Waals surface area contributed by atoms with Gasteiger partial charge in [-0.1, -0.05) is 0 Å². The van der Waals surface area contributed by atoms with Gasteiger partial charge in [0, 0.05) is 13.1 Å². The summed E-state index contributed by atoms with van der Waals surface area (Å²) >= 11 is 8.99. The lowest BCUT2D eigenvalue weighted by atomic mass is 10.0. The number of ether oxygens (including phenoxy) is 2. The number of H-pyrrole nitrogens is 1. The van der Waals surface area contributed by atoms with Gasteiger partial charge in [0.15, 0.2) is 0 Å². The van der Waals surface area contributed by atoms with Crippen molar-refractivity contribution in [3.05, 3.63) is 31.5 Å².